The Morgan fingerprint density at radius 1 is 1.69 bits per heavy atom. The fraction of sp³-hybridized carbons (Fsp3) is 0.556. The Labute approximate surface area is 101 Å². The molecule has 0 aromatic carbocycles. The third-order valence-electron chi connectivity index (χ3n) is 2.11. The number of hydrogen-bond donors (Lipinski definition) is 0. The zero-order valence-electron chi connectivity index (χ0n) is 8.85. The van der Waals surface area contributed by atoms with Gasteiger partial charge in [-0.05, 0) is 27.3 Å². The van der Waals surface area contributed by atoms with E-state index in [4.69, 9.17) is 0 Å². The third-order valence-corrected chi connectivity index (χ3v) is 2.67. The molecular formula is C9H12BrN3O3. The molecule has 0 atom stereocenters. The standard InChI is InChI=1S/C9H12BrN3O3/c1-2-7(14)4-3-5-12-6-8(10)9(11-12)13(15)16/h6H,2-5H2,1H3. The molecule has 0 saturated carbocycles. The van der Waals surface area contributed by atoms with Crippen LogP contribution in [0, 0.1) is 10.1 Å². The van der Waals surface area contributed by atoms with Crippen LogP contribution in [0.2, 0.25) is 0 Å². The fourth-order valence-corrected chi connectivity index (χ4v) is 1.70. The SMILES string of the molecule is CCC(=O)CCCn1cc(Br)c([N+](=O)[O-])n1. The van der Waals surface area contributed by atoms with E-state index >= 15 is 0 Å². The van der Waals surface area contributed by atoms with Crippen molar-refractivity contribution >= 4 is 27.5 Å². The molecule has 0 bridgehead atoms. The summed E-state index contributed by atoms with van der Waals surface area (Å²) in [6.07, 6.45) is 3.22. The van der Waals surface area contributed by atoms with Crippen molar-refractivity contribution in [2.24, 2.45) is 0 Å². The molecular weight excluding hydrogens is 278 g/mol. The molecule has 0 aliphatic heterocycles. The van der Waals surface area contributed by atoms with Crippen molar-refractivity contribution in [1.82, 2.24) is 9.78 Å². The largest absolute Gasteiger partial charge is 0.404 e. The van der Waals surface area contributed by atoms with Crippen molar-refractivity contribution in [3.05, 3.63) is 20.8 Å². The number of nitrogens with zero attached hydrogens (tertiary/aromatic N) is 3. The van der Waals surface area contributed by atoms with Crippen molar-refractivity contribution in [1.29, 1.82) is 0 Å². The zero-order chi connectivity index (χ0) is 12.1. The average molecular weight is 290 g/mol. The molecule has 1 aromatic heterocycles. The quantitative estimate of drug-likeness (QED) is 0.595. The summed E-state index contributed by atoms with van der Waals surface area (Å²) < 4.78 is 1.84. The van der Waals surface area contributed by atoms with E-state index in [1.165, 1.54) is 4.68 Å². The normalized spacial score (nSPS) is 10.4. The maximum atomic E-state index is 11.0. The minimum atomic E-state index is -0.544. The highest BCUT2D eigenvalue weighted by Crippen LogP contribution is 2.22. The minimum absolute atomic E-state index is 0.193. The highest BCUT2D eigenvalue weighted by molar-refractivity contribution is 9.10. The van der Waals surface area contributed by atoms with Crippen molar-refractivity contribution in [2.45, 2.75) is 32.7 Å². The zero-order valence-corrected chi connectivity index (χ0v) is 10.4. The van der Waals surface area contributed by atoms with Gasteiger partial charge >= 0.3 is 5.82 Å². The van der Waals surface area contributed by atoms with Crippen molar-refractivity contribution in [2.75, 3.05) is 0 Å². The Morgan fingerprint density at radius 2 is 2.38 bits per heavy atom. The molecule has 0 unspecified atom stereocenters. The smallest absolute Gasteiger partial charge is 0.358 e. The lowest BCUT2D eigenvalue weighted by Gasteiger charge is -1.96. The number of carbonyl (C=O) groups is 1. The molecule has 1 heterocycles. The first kappa shape index (κ1) is 12.8. The van der Waals surface area contributed by atoms with E-state index in [2.05, 4.69) is 21.0 Å². The van der Waals surface area contributed by atoms with Crippen molar-refractivity contribution in [3.63, 3.8) is 0 Å². The van der Waals surface area contributed by atoms with Crippen molar-refractivity contribution in [3.8, 4) is 0 Å². The Hall–Kier alpha value is -1.24. The highest BCUT2D eigenvalue weighted by Gasteiger charge is 2.18. The van der Waals surface area contributed by atoms with E-state index in [1.807, 2.05) is 6.92 Å². The van der Waals surface area contributed by atoms with Gasteiger partial charge < -0.3 is 10.1 Å². The lowest BCUT2D eigenvalue weighted by Crippen LogP contribution is -2.03. The van der Waals surface area contributed by atoms with Crippen molar-refractivity contribution < 1.29 is 9.72 Å². The van der Waals surface area contributed by atoms with E-state index in [0.29, 0.717) is 30.3 Å². The minimum Gasteiger partial charge on any atom is -0.358 e. The molecule has 1 rings (SSSR count). The third kappa shape index (κ3) is 3.41. The van der Waals surface area contributed by atoms with Crippen LogP contribution in [-0.4, -0.2) is 20.5 Å². The predicted octanol–water partition coefficient (Wildman–Crippen LogP) is 2.31. The van der Waals surface area contributed by atoms with Crippen LogP contribution in [0.3, 0.4) is 0 Å². The van der Waals surface area contributed by atoms with Crippen LogP contribution in [-0.2, 0) is 11.3 Å². The van der Waals surface area contributed by atoms with Gasteiger partial charge in [0.1, 0.15) is 10.3 Å². The Bertz CT molecular complexity index is 403. The Balaban J connectivity index is 2.52. The summed E-state index contributed by atoms with van der Waals surface area (Å²) in [5.41, 5.74) is 0. The van der Waals surface area contributed by atoms with Crippen LogP contribution < -0.4 is 0 Å². The highest BCUT2D eigenvalue weighted by atomic mass is 79.9. The van der Waals surface area contributed by atoms with Gasteiger partial charge in [-0.2, -0.15) is 4.68 Å². The second-order valence-electron chi connectivity index (χ2n) is 3.32. The monoisotopic (exact) mass is 289 g/mol. The summed E-state index contributed by atoms with van der Waals surface area (Å²) in [5.74, 6) is 0.00235. The molecule has 0 fully saturated rings. The summed E-state index contributed by atoms with van der Waals surface area (Å²) in [6.45, 7) is 2.33. The number of aromatic nitrogens is 2. The average Bonchev–Trinajstić information content (AvgIpc) is 2.59. The maximum Gasteiger partial charge on any atom is 0.404 e. The Morgan fingerprint density at radius 3 is 2.88 bits per heavy atom. The molecule has 88 valence electrons. The van der Waals surface area contributed by atoms with Crippen LogP contribution in [0.25, 0.3) is 0 Å². The lowest BCUT2D eigenvalue weighted by molar-refractivity contribution is -0.390. The number of Topliss-reactive ketones (excluding diaryl/α,β-unsaturated/α-hetero) is 1. The molecule has 0 spiro atoms. The van der Waals surface area contributed by atoms with E-state index < -0.39 is 4.92 Å². The van der Waals surface area contributed by atoms with Crippen LogP contribution in [0.15, 0.2) is 10.7 Å². The summed E-state index contributed by atoms with van der Waals surface area (Å²) in [6, 6.07) is 0. The number of ketones is 1. The molecule has 0 aliphatic carbocycles. The van der Waals surface area contributed by atoms with Crippen LogP contribution in [0.1, 0.15) is 26.2 Å². The van der Waals surface area contributed by atoms with E-state index in [1.54, 1.807) is 6.20 Å². The van der Waals surface area contributed by atoms with Gasteiger partial charge in [0.25, 0.3) is 0 Å². The van der Waals surface area contributed by atoms with E-state index in [-0.39, 0.29) is 11.6 Å². The van der Waals surface area contributed by atoms with Gasteiger partial charge in [-0.1, -0.05) is 6.92 Å². The van der Waals surface area contributed by atoms with E-state index in [0.717, 1.165) is 0 Å². The van der Waals surface area contributed by atoms with E-state index in [9.17, 15) is 14.9 Å². The first-order chi connectivity index (χ1) is 7.54. The molecule has 0 radical (unpaired) electrons. The lowest BCUT2D eigenvalue weighted by atomic mass is 10.2. The van der Waals surface area contributed by atoms with Crippen LogP contribution in [0.5, 0.6) is 0 Å². The number of aryl methyl sites for hydroxylation is 1. The molecule has 0 N–H and O–H groups in total. The van der Waals surface area contributed by atoms with Crippen LogP contribution in [0.4, 0.5) is 5.82 Å². The first-order valence-electron chi connectivity index (χ1n) is 4.93. The number of carbonyl (C=O) groups excluding carboxylic acids is 1. The number of hydrogen-bond acceptors (Lipinski definition) is 4. The van der Waals surface area contributed by atoms with Crippen LogP contribution >= 0.6 is 15.9 Å². The molecule has 7 heteroatoms. The van der Waals surface area contributed by atoms with Gasteiger partial charge in [-0.3, -0.25) is 4.79 Å². The van der Waals surface area contributed by atoms with Gasteiger partial charge in [0, 0.05) is 12.8 Å². The van der Waals surface area contributed by atoms with Gasteiger partial charge in [-0.25, -0.2) is 0 Å². The number of rotatable bonds is 6. The summed E-state index contributed by atoms with van der Waals surface area (Å²) in [5, 5.41) is 14.3. The van der Waals surface area contributed by atoms with Gasteiger partial charge in [0.2, 0.25) is 0 Å². The molecule has 16 heavy (non-hydrogen) atoms. The summed E-state index contributed by atoms with van der Waals surface area (Å²) in [4.78, 5) is 21.0. The first-order valence-corrected chi connectivity index (χ1v) is 5.73. The molecule has 0 saturated heterocycles. The Kier molecular flexibility index (Phi) is 4.60. The predicted molar refractivity (Wildman–Crippen MR) is 61.1 cm³/mol. The van der Waals surface area contributed by atoms with Gasteiger partial charge in [-0.15, -0.1) is 0 Å². The van der Waals surface area contributed by atoms with Gasteiger partial charge in [0.15, 0.2) is 0 Å². The summed E-state index contributed by atoms with van der Waals surface area (Å²) >= 11 is 3.06. The summed E-state index contributed by atoms with van der Waals surface area (Å²) in [7, 11) is 0. The number of halogens is 1. The second-order valence-corrected chi connectivity index (χ2v) is 4.17. The maximum absolute atomic E-state index is 11.0. The molecule has 0 amide bonds. The molecule has 0 aliphatic rings. The molecule has 1 aromatic rings. The number of nitro groups is 1. The molecule has 6 nitrogen and oxygen atoms in total. The topological polar surface area (TPSA) is 78.0 Å². The second kappa shape index (κ2) is 5.74. The van der Waals surface area contributed by atoms with Gasteiger partial charge in [0.05, 0.1) is 17.8 Å². The fourth-order valence-electron chi connectivity index (χ4n) is 1.24.